The molecule has 0 saturated carbocycles. The Morgan fingerprint density at radius 2 is 1.88 bits per heavy atom. The van der Waals surface area contributed by atoms with E-state index in [-0.39, 0.29) is 17.5 Å². The molecule has 0 atom stereocenters. The van der Waals surface area contributed by atoms with Crippen LogP contribution in [0.5, 0.6) is 5.75 Å². The number of ether oxygens (including phenoxy) is 1. The van der Waals surface area contributed by atoms with Gasteiger partial charge in [-0.15, -0.1) is 0 Å². The second kappa shape index (κ2) is 9.58. The van der Waals surface area contributed by atoms with E-state index >= 15 is 0 Å². The molecule has 0 bridgehead atoms. The number of nitrogens with zero attached hydrogens (tertiary/aromatic N) is 5. The fourth-order valence-corrected chi connectivity index (χ4v) is 4.61. The van der Waals surface area contributed by atoms with Crippen LogP contribution in [0, 0.1) is 11.6 Å². The molecule has 0 aliphatic carbocycles. The third-order valence-corrected chi connectivity index (χ3v) is 6.42. The lowest BCUT2D eigenvalue weighted by Crippen LogP contribution is -2.38. The zero-order valence-corrected chi connectivity index (χ0v) is 19.4. The Morgan fingerprint density at radius 3 is 2.62 bits per heavy atom. The number of hydrogen-bond donors (Lipinski definition) is 1. The Hall–Kier alpha value is -3.20. The van der Waals surface area contributed by atoms with Gasteiger partial charge in [0.15, 0.2) is 17.4 Å². The van der Waals surface area contributed by atoms with Crippen LogP contribution in [0.2, 0.25) is 0 Å². The smallest absolute Gasteiger partial charge is 0.178 e. The van der Waals surface area contributed by atoms with Crippen LogP contribution in [0.15, 0.2) is 30.7 Å². The highest BCUT2D eigenvalue weighted by Crippen LogP contribution is 2.39. The Bertz CT molecular complexity index is 1160. The molecule has 1 N–H and O–H groups in total. The third kappa shape index (κ3) is 4.57. The van der Waals surface area contributed by atoms with Crippen molar-refractivity contribution < 1.29 is 13.5 Å². The molecule has 1 saturated heterocycles. The van der Waals surface area contributed by atoms with Gasteiger partial charge in [0.2, 0.25) is 0 Å². The molecule has 34 heavy (non-hydrogen) atoms. The van der Waals surface area contributed by atoms with Gasteiger partial charge in [0.25, 0.3) is 0 Å². The average molecular weight is 467 g/mol. The largest absolute Gasteiger partial charge is 0.486 e. The molecule has 5 rings (SSSR count). The highest BCUT2D eigenvalue weighted by molar-refractivity contribution is 5.72. The molecule has 2 aliphatic heterocycles. The molecule has 4 heterocycles. The second-order valence-electron chi connectivity index (χ2n) is 9.06. The monoisotopic (exact) mass is 466 g/mol. The number of anilines is 1. The molecule has 1 fully saturated rings. The van der Waals surface area contributed by atoms with E-state index in [9.17, 15) is 8.78 Å². The van der Waals surface area contributed by atoms with Crippen LogP contribution in [-0.4, -0.2) is 52.2 Å². The number of aromatic nitrogens is 4. The fraction of sp³-hybridized carbons (Fsp3) is 0.440. The van der Waals surface area contributed by atoms with Gasteiger partial charge in [0, 0.05) is 29.9 Å². The number of benzene rings is 1. The van der Waals surface area contributed by atoms with Crippen LogP contribution in [0.4, 0.5) is 14.5 Å². The number of nitrogens with one attached hydrogen (secondary N) is 1. The van der Waals surface area contributed by atoms with Gasteiger partial charge in [-0.25, -0.2) is 18.7 Å². The molecule has 0 spiro atoms. The van der Waals surface area contributed by atoms with Gasteiger partial charge in [0.05, 0.1) is 36.2 Å². The Labute approximate surface area is 197 Å². The minimum absolute atomic E-state index is 0.0558. The van der Waals surface area contributed by atoms with E-state index in [4.69, 9.17) is 4.74 Å². The molecule has 0 radical (unpaired) electrons. The molecule has 9 heteroatoms. The topological polar surface area (TPSA) is 76.1 Å². The molecule has 2 aromatic heterocycles. The summed E-state index contributed by atoms with van der Waals surface area (Å²) in [7, 11) is 0. The lowest BCUT2D eigenvalue weighted by Gasteiger charge is -2.34. The number of hydrogen-bond acceptors (Lipinski definition) is 7. The minimum Gasteiger partial charge on any atom is -0.486 e. The Kier molecular flexibility index (Phi) is 6.36. The Morgan fingerprint density at radius 1 is 1.06 bits per heavy atom. The van der Waals surface area contributed by atoms with Gasteiger partial charge in [-0.2, -0.15) is 0 Å². The highest BCUT2D eigenvalue weighted by atomic mass is 19.1. The molecule has 178 valence electrons. The first-order valence-corrected chi connectivity index (χ1v) is 11.8. The molecular formula is C25H28F2N6O. The minimum atomic E-state index is -0.608. The molecule has 1 aromatic carbocycles. The van der Waals surface area contributed by atoms with Gasteiger partial charge in [-0.3, -0.25) is 9.97 Å². The molecule has 7 nitrogen and oxygen atoms in total. The summed E-state index contributed by atoms with van der Waals surface area (Å²) in [5, 5.41) is 3.35. The number of halogens is 2. The van der Waals surface area contributed by atoms with Crippen molar-refractivity contribution in [2.45, 2.75) is 45.1 Å². The summed E-state index contributed by atoms with van der Waals surface area (Å²) >= 11 is 0. The van der Waals surface area contributed by atoms with E-state index in [0.29, 0.717) is 48.3 Å². The second-order valence-corrected chi connectivity index (χ2v) is 9.06. The van der Waals surface area contributed by atoms with Gasteiger partial charge >= 0.3 is 0 Å². The SMILES string of the molecule is CC(C)N1CCOc2c(F)cc(-c3nc(Cc4cnc(C5CCNCC5)cn4)ncc3F)cc21. The van der Waals surface area contributed by atoms with Crippen molar-refractivity contribution in [1.29, 1.82) is 0 Å². The summed E-state index contributed by atoms with van der Waals surface area (Å²) in [6, 6.07) is 3.15. The summed E-state index contributed by atoms with van der Waals surface area (Å²) in [5.41, 5.74) is 2.70. The normalized spacial score (nSPS) is 16.4. The fourth-order valence-electron chi connectivity index (χ4n) is 4.61. The summed E-state index contributed by atoms with van der Waals surface area (Å²) in [4.78, 5) is 19.7. The standard InChI is InChI=1S/C25H28F2N6O/c1-15(2)33-7-8-34-25-19(26)9-17(10-22(25)33)24-20(27)13-31-23(32-24)11-18-12-30-21(14-29-18)16-3-5-28-6-4-16/h9-10,12-16,28H,3-8,11H2,1-2H3. The summed E-state index contributed by atoms with van der Waals surface area (Å²) < 4.78 is 35.2. The first kappa shape index (κ1) is 22.6. The lowest BCUT2D eigenvalue weighted by molar-refractivity contribution is 0.287. The number of fused-ring (bicyclic) bond motifs is 1. The molecule has 0 unspecified atom stereocenters. The summed E-state index contributed by atoms with van der Waals surface area (Å²) in [6.45, 7) is 7.08. The van der Waals surface area contributed by atoms with Crippen LogP contribution in [-0.2, 0) is 6.42 Å². The highest BCUT2D eigenvalue weighted by Gasteiger charge is 2.26. The van der Waals surface area contributed by atoms with Crippen LogP contribution in [0.3, 0.4) is 0 Å². The molecule has 0 amide bonds. The van der Waals surface area contributed by atoms with E-state index in [1.54, 1.807) is 12.3 Å². The van der Waals surface area contributed by atoms with Crippen molar-refractivity contribution in [3.8, 4) is 17.0 Å². The predicted octanol–water partition coefficient (Wildman–Crippen LogP) is 3.88. The molecular weight excluding hydrogens is 438 g/mol. The van der Waals surface area contributed by atoms with Crippen molar-refractivity contribution in [1.82, 2.24) is 25.3 Å². The van der Waals surface area contributed by atoms with E-state index in [2.05, 4.69) is 25.3 Å². The maximum Gasteiger partial charge on any atom is 0.178 e. The molecule has 2 aliphatic rings. The van der Waals surface area contributed by atoms with Crippen LogP contribution in [0.25, 0.3) is 11.3 Å². The number of rotatable bonds is 5. The average Bonchev–Trinajstić information content (AvgIpc) is 2.86. The van der Waals surface area contributed by atoms with E-state index in [0.717, 1.165) is 37.8 Å². The van der Waals surface area contributed by atoms with Gasteiger partial charge in [0.1, 0.15) is 18.1 Å². The van der Waals surface area contributed by atoms with Crippen molar-refractivity contribution in [3.63, 3.8) is 0 Å². The van der Waals surface area contributed by atoms with E-state index in [1.807, 2.05) is 24.9 Å². The maximum absolute atomic E-state index is 14.9. The van der Waals surface area contributed by atoms with Crippen LogP contribution >= 0.6 is 0 Å². The maximum atomic E-state index is 14.9. The molecule has 3 aromatic rings. The van der Waals surface area contributed by atoms with Crippen molar-refractivity contribution in [2.75, 3.05) is 31.1 Å². The number of piperidine rings is 1. The zero-order chi connectivity index (χ0) is 23.7. The summed E-state index contributed by atoms with van der Waals surface area (Å²) in [5.74, 6) is -0.122. The Balaban J connectivity index is 1.41. The zero-order valence-electron chi connectivity index (χ0n) is 19.4. The van der Waals surface area contributed by atoms with Crippen molar-refractivity contribution in [3.05, 3.63) is 59.6 Å². The summed E-state index contributed by atoms with van der Waals surface area (Å²) in [6.07, 6.45) is 7.09. The van der Waals surface area contributed by atoms with E-state index < -0.39 is 11.6 Å². The lowest BCUT2D eigenvalue weighted by atomic mass is 9.95. The first-order valence-electron chi connectivity index (χ1n) is 11.8. The van der Waals surface area contributed by atoms with Crippen molar-refractivity contribution in [2.24, 2.45) is 0 Å². The van der Waals surface area contributed by atoms with Crippen molar-refractivity contribution >= 4 is 5.69 Å². The van der Waals surface area contributed by atoms with Crippen LogP contribution in [0.1, 0.15) is 49.8 Å². The van der Waals surface area contributed by atoms with Gasteiger partial charge < -0.3 is 15.0 Å². The first-order chi connectivity index (χ1) is 16.5. The third-order valence-electron chi connectivity index (χ3n) is 6.42. The van der Waals surface area contributed by atoms with Gasteiger partial charge in [-0.05, 0) is 51.9 Å². The van der Waals surface area contributed by atoms with E-state index in [1.165, 1.54) is 6.07 Å². The van der Waals surface area contributed by atoms with Crippen LogP contribution < -0.4 is 15.0 Å². The van der Waals surface area contributed by atoms with Gasteiger partial charge in [-0.1, -0.05) is 0 Å². The predicted molar refractivity (Wildman–Crippen MR) is 125 cm³/mol. The quantitative estimate of drug-likeness (QED) is 0.612.